The predicted molar refractivity (Wildman–Crippen MR) is 144 cm³/mol. The third kappa shape index (κ3) is 5.85. The molecule has 0 saturated carbocycles. The number of likely N-dealkylation sites (tertiary alicyclic amines) is 1. The summed E-state index contributed by atoms with van der Waals surface area (Å²) >= 11 is 0. The Kier molecular flexibility index (Phi) is 7.40. The standard InChI is InChI=1S/C30H31FN4O3/c1-21-5-7-22(8-6-21)19-35-20-24(18-28(35)36)29(37)32-26-4-2-3-23(17-26)30(38)34-15-13-33(14-16-34)27-11-9-25(31)10-12-27/h2-12,17,24H,13-16,18-20H2,1H3,(H,32,37)/t24-/m0/s1. The second-order valence-corrected chi connectivity index (χ2v) is 9.99. The molecule has 2 heterocycles. The van der Waals surface area contributed by atoms with Crippen molar-refractivity contribution in [3.63, 3.8) is 0 Å². The zero-order valence-corrected chi connectivity index (χ0v) is 21.4. The smallest absolute Gasteiger partial charge is 0.254 e. The molecule has 0 unspecified atom stereocenters. The van der Waals surface area contributed by atoms with Crippen LogP contribution in [0, 0.1) is 18.7 Å². The molecule has 196 valence electrons. The number of aryl methyl sites for hydroxylation is 1. The van der Waals surface area contributed by atoms with Crippen LogP contribution in [-0.2, 0) is 16.1 Å². The summed E-state index contributed by atoms with van der Waals surface area (Å²) in [5.74, 6) is -1.06. The van der Waals surface area contributed by atoms with E-state index in [-0.39, 0.29) is 30.0 Å². The van der Waals surface area contributed by atoms with E-state index in [1.54, 1.807) is 46.2 Å². The lowest BCUT2D eigenvalue weighted by Crippen LogP contribution is -2.48. The number of halogens is 1. The summed E-state index contributed by atoms with van der Waals surface area (Å²) in [5.41, 5.74) is 4.17. The molecule has 3 aromatic carbocycles. The highest BCUT2D eigenvalue weighted by molar-refractivity contribution is 5.99. The van der Waals surface area contributed by atoms with Crippen molar-refractivity contribution in [2.24, 2.45) is 5.92 Å². The van der Waals surface area contributed by atoms with Crippen LogP contribution < -0.4 is 10.2 Å². The molecule has 2 aliphatic rings. The highest BCUT2D eigenvalue weighted by atomic mass is 19.1. The van der Waals surface area contributed by atoms with Gasteiger partial charge >= 0.3 is 0 Å². The summed E-state index contributed by atoms with van der Waals surface area (Å²) in [6, 6.07) is 21.3. The molecule has 2 saturated heterocycles. The number of hydrogen-bond donors (Lipinski definition) is 1. The summed E-state index contributed by atoms with van der Waals surface area (Å²) in [7, 11) is 0. The highest BCUT2D eigenvalue weighted by Crippen LogP contribution is 2.23. The van der Waals surface area contributed by atoms with Crippen molar-refractivity contribution in [3.05, 3.63) is 95.3 Å². The summed E-state index contributed by atoms with van der Waals surface area (Å²) in [4.78, 5) is 44.3. The lowest BCUT2D eigenvalue weighted by molar-refractivity contribution is -0.128. The van der Waals surface area contributed by atoms with Crippen molar-refractivity contribution in [1.82, 2.24) is 9.80 Å². The fraction of sp³-hybridized carbons (Fsp3) is 0.300. The first-order valence-corrected chi connectivity index (χ1v) is 12.9. The molecule has 2 aliphatic heterocycles. The molecule has 7 nitrogen and oxygen atoms in total. The first-order chi connectivity index (χ1) is 18.4. The van der Waals surface area contributed by atoms with E-state index in [4.69, 9.17) is 0 Å². The number of benzene rings is 3. The largest absolute Gasteiger partial charge is 0.368 e. The van der Waals surface area contributed by atoms with Crippen LogP contribution >= 0.6 is 0 Å². The number of piperazine rings is 1. The van der Waals surface area contributed by atoms with Gasteiger partial charge in [-0.15, -0.1) is 0 Å². The third-order valence-electron chi connectivity index (χ3n) is 7.22. The molecule has 38 heavy (non-hydrogen) atoms. The van der Waals surface area contributed by atoms with Crippen LogP contribution in [0.4, 0.5) is 15.8 Å². The first-order valence-electron chi connectivity index (χ1n) is 12.9. The lowest BCUT2D eigenvalue weighted by atomic mass is 10.1. The molecule has 0 bridgehead atoms. The second-order valence-electron chi connectivity index (χ2n) is 9.99. The predicted octanol–water partition coefficient (Wildman–Crippen LogP) is 4.08. The van der Waals surface area contributed by atoms with Crippen molar-refractivity contribution in [1.29, 1.82) is 0 Å². The number of nitrogens with one attached hydrogen (secondary N) is 1. The van der Waals surface area contributed by atoms with E-state index < -0.39 is 5.92 Å². The van der Waals surface area contributed by atoms with E-state index in [1.807, 2.05) is 31.2 Å². The Balaban J connectivity index is 1.16. The van der Waals surface area contributed by atoms with E-state index in [9.17, 15) is 18.8 Å². The molecule has 3 aromatic rings. The molecular formula is C30H31FN4O3. The van der Waals surface area contributed by atoms with Crippen molar-refractivity contribution in [2.45, 2.75) is 19.9 Å². The molecule has 0 radical (unpaired) electrons. The van der Waals surface area contributed by atoms with E-state index in [0.717, 1.165) is 16.8 Å². The fourth-order valence-electron chi connectivity index (χ4n) is 4.99. The monoisotopic (exact) mass is 514 g/mol. The van der Waals surface area contributed by atoms with Crippen LogP contribution in [-0.4, -0.2) is 60.2 Å². The van der Waals surface area contributed by atoms with Gasteiger partial charge in [-0.3, -0.25) is 14.4 Å². The first kappa shape index (κ1) is 25.4. The summed E-state index contributed by atoms with van der Waals surface area (Å²) < 4.78 is 13.2. The molecule has 0 aliphatic carbocycles. The molecule has 3 amide bonds. The number of rotatable bonds is 6. The SMILES string of the molecule is Cc1ccc(CN2C[C@@H](C(=O)Nc3cccc(C(=O)N4CCN(c5ccc(F)cc5)CC4)c3)CC2=O)cc1. The average molecular weight is 515 g/mol. The topological polar surface area (TPSA) is 73.0 Å². The Hall–Kier alpha value is -4.20. The van der Waals surface area contributed by atoms with Crippen LogP contribution in [0.3, 0.4) is 0 Å². The van der Waals surface area contributed by atoms with E-state index in [0.29, 0.717) is 50.5 Å². The Morgan fingerprint density at radius 1 is 0.947 bits per heavy atom. The van der Waals surface area contributed by atoms with Gasteiger partial charge in [0.2, 0.25) is 11.8 Å². The Labute approximate surface area is 221 Å². The summed E-state index contributed by atoms with van der Waals surface area (Å²) in [5, 5.41) is 2.90. The number of carbonyl (C=O) groups excluding carboxylic acids is 3. The van der Waals surface area contributed by atoms with E-state index in [1.165, 1.54) is 12.1 Å². The minimum atomic E-state index is -0.438. The maximum Gasteiger partial charge on any atom is 0.254 e. The molecule has 1 atom stereocenters. The molecule has 0 spiro atoms. The van der Waals surface area contributed by atoms with E-state index in [2.05, 4.69) is 10.2 Å². The van der Waals surface area contributed by atoms with Gasteiger partial charge in [0.25, 0.3) is 5.91 Å². The van der Waals surface area contributed by atoms with Crippen LogP contribution in [0.5, 0.6) is 0 Å². The minimum absolute atomic E-state index is 0.0329. The Morgan fingerprint density at radius 3 is 2.37 bits per heavy atom. The Bertz CT molecular complexity index is 1320. The van der Waals surface area contributed by atoms with Gasteiger partial charge in [-0.1, -0.05) is 35.9 Å². The van der Waals surface area contributed by atoms with Crippen LogP contribution in [0.2, 0.25) is 0 Å². The van der Waals surface area contributed by atoms with Crippen molar-refractivity contribution < 1.29 is 18.8 Å². The van der Waals surface area contributed by atoms with Crippen molar-refractivity contribution in [2.75, 3.05) is 42.9 Å². The van der Waals surface area contributed by atoms with Gasteiger partial charge in [0.1, 0.15) is 5.82 Å². The fourth-order valence-corrected chi connectivity index (χ4v) is 4.99. The maximum atomic E-state index is 13.2. The number of amides is 3. The number of hydrogen-bond acceptors (Lipinski definition) is 4. The van der Waals surface area contributed by atoms with E-state index >= 15 is 0 Å². The van der Waals surface area contributed by atoms with Gasteiger partial charge in [-0.05, 0) is 55.0 Å². The normalized spacial score (nSPS) is 17.6. The molecular weight excluding hydrogens is 483 g/mol. The summed E-state index contributed by atoms with van der Waals surface area (Å²) in [6.45, 7) is 5.29. The number of carbonyl (C=O) groups is 3. The lowest BCUT2D eigenvalue weighted by Gasteiger charge is -2.36. The molecule has 1 N–H and O–H groups in total. The second kappa shape index (κ2) is 11.0. The Morgan fingerprint density at radius 2 is 1.66 bits per heavy atom. The van der Waals surface area contributed by atoms with Crippen molar-refractivity contribution in [3.8, 4) is 0 Å². The maximum absolute atomic E-state index is 13.2. The molecule has 0 aromatic heterocycles. The molecule has 8 heteroatoms. The van der Waals surface area contributed by atoms with Gasteiger partial charge < -0.3 is 20.0 Å². The quantitative estimate of drug-likeness (QED) is 0.538. The van der Waals surface area contributed by atoms with Gasteiger partial charge in [0, 0.05) is 62.6 Å². The zero-order chi connectivity index (χ0) is 26.6. The van der Waals surface area contributed by atoms with Crippen LogP contribution in [0.25, 0.3) is 0 Å². The van der Waals surface area contributed by atoms with Crippen LogP contribution in [0.15, 0.2) is 72.8 Å². The number of nitrogens with zero attached hydrogens (tertiary/aromatic N) is 3. The molecule has 5 rings (SSSR count). The number of anilines is 2. The molecule has 2 fully saturated rings. The van der Waals surface area contributed by atoms with Crippen molar-refractivity contribution >= 4 is 29.1 Å². The minimum Gasteiger partial charge on any atom is -0.368 e. The average Bonchev–Trinajstić information content (AvgIpc) is 3.30. The zero-order valence-electron chi connectivity index (χ0n) is 21.4. The summed E-state index contributed by atoms with van der Waals surface area (Å²) in [6.07, 6.45) is 0.175. The van der Waals surface area contributed by atoms with Gasteiger partial charge in [0.05, 0.1) is 5.92 Å². The van der Waals surface area contributed by atoms with Gasteiger partial charge in [-0.25, -0.2) is 4.39 Å². The highest BCUT2D eigenvalue weighted by Gasteiger charge is 2.34. The van der Waals surface area contributed by atoms with Gasteiger partial charge in [-0.2, -0.15) is 0 Å². The van der Waals surface area contributed by atoms with Crippen LogP contribution in [0.1, 0.15) is 27.9 Å². The third-order valence-corrected chi connectivity index (χ3v) is 7.22. The van der Waals surface area contributed by atoms with Gasteiger partial charge in [0.15, 0.2) is 0 Å².